The third kappa shape index (κ3) is 2.77. The van der Waals surface area contributed by atoms with Gasteiger partial charge in [0.15, 0.2) is 0 Å². The van der Waals surface area contributed by atoms with Gasteiger partial charge in [0.2, 0.25) is 0 Å². The Morgan fingerprint density at radius 3 is 2.39 bits per heavy atom. The molecule has 1 aliphatic rings. The molecule has 0 aromatic heterocycles. The Balaban J connectivity index is 2.29. The minimum Gasteiger partial charge on any atom is -0.333 e. The molecule has 1 saturated heterocycles. The molecule has 0 radical (unpaired) electrons. The molecule has 98 valence electrons. The van der Waals surface area contributed by atoms with Crippen molar-refractivity contribution in [2.24, 2.45) is 0 Å². The standard InChI is InChI=1S/C15H20BrNO/c1-10-7-13(9-14(16)8-10)15(18)17-11(2)5-4-6-12(17)3/h7-9,11-12H,4-6H2,1-3H3. The molecule has 0 aliphatic carbocycles. The highest BCUT2D eigenvalue weighted by atomic mass is 79.9. The molecule has 2 unspecified atom stereocenters. The Morgan fingerprint density at radius 2 is 1.83 bits per heavy atom. The summed E-state index contributed by atoms with van der Waals surface area (Å²) in [6, 6.07) is 6.62. The maximum Gasteiger partial charge on any atom is 0.254 e. The number of carbonyl (C=O) groups is 1. The summed E-state index contributed by atoms with van der Waals surface area (Å²) in [6.07, 6.45) is 3.45. The van der Waals surface area contributed by atoms with E-state index in [0.29, 0.717) is 12.1 Å². The highest BCUT2D eigenvalue weighted by Gasteiger charge is 2.29. The van der Waals surface area contributed by atoms with Crippen molar-refractivity contribution in [3.05, 3.63) is 33.8 Å². The van der Waals surface area contributed by atoms with Gasteiger partial charge in [-0.15, -0.1) is 0 Å². The Morgan fingerprint density at radius 1 is 1.22 bits per heavy atom. The van der Waals surface area contributed by atoms with Crippen LogP contribution >= 0.6 is 15.9 Å². The predicted molar refractivity (Wildman–Crippen MR) is 77.8 cm³/mol. The Bertz CT molecular complexity index is 428. The molecule has 2 nitrogen and oxygen atoms in total. The molecule has 1 amide bonds. The van der Waals surface area contributed by atoms with E-state index in [0.717, 1.165) is 28.4 Å². The number of benzene rings is 1. The highest BCUT2D eigenvalue weighted by Crippen LogP contribution is 2.26. The molecule has 1 fully saturated rings. The fourth-order valence-corrected chi connectivity index (χ4v) is 3.44. The van der Waals surface area contributed by atoms with E-state index in [4.69, 9.17) is 0 Å². The number of likely N-dealkylation sites (tertiary alicyclic amines) is 1. The number of amides is 1. The Hall–Kier alpha value is -0.830. The number of aryl methyl sites for hydroxylation is 1. The first-order valence-electron chi connectivity index (χ1n) is 6.59. The highest BCUT2D eigenvalue weighted by molar-refractivity contribution is 9.10. The third-order valence-corrected chi connectivity index (χ3v) is 4.17. The second kappa shape index (κ2) is 5.43. The zero-order chi connectivity index (χ0) is 13.3. The molecule has 0 bridgehead atoms. The first-order chi connectivity index (χ1) is 8.49. The van der Waals surface area contributed by atoms with Crippen LogP contribution in [0.15, 0.2) is 22.7 Å². The number of halogens is 1. The van der Waals surface area contributed by atoms with Gasteiger partial charge in [-0.3, -0.25) is 4.79 Å². The number of rotatable bonds is 1. The Labute approximate surface area is 117 Å². The van der Waals surface area contributed by atoms with Crippen molar-refractivity contribution in [2.75, 3.05) is 0 Å². The van der Waals surface area contributed by atoms with Crippen LogP contribution in [0.5, 0.6) is 0 Å². The fraction of sp³-hybridized carbons (Fsp3) is 0.533. The largest absolute Gasteiger partial charge is 0.333 e. The number of piperidine rings is 1. The number of carbonyl (C=O) groups excluding carboxylic acids is 1. The molecule has 0 N–H and O–H groups in total. The van der Waals surface area contributed by atoms with Crippen molar-refractivity contribution in [2.45, 2.75) is 52.1 Å². The van der Waals surface area contributed by atoms with Gasteiger partial charge >= 0.3 is 0 Å². The quantitative estimate of drug-likeness (QED) is 0.762. The van der Waals surface area contributed by atoms with Crippen LogP contribution in [-0.2, 0) is 0 Å². The summed E-state index contributed by atoms with van der Waals surface area (Å²) in [6.45, 7) is 6.32. The predicted octanol–water partition coefficient (Wildman–Crippen LogP) is 4.16. The van der Waals surface area contributed by atoms with Gasteiger partial charge < -0.3 is 4.90 Å². The van der Waals surface area contributed by atoms with Gasteiger partial charge in [-0.05, 0) is 63.8 Å². The van der Waals surface area contributed by atoms with Gasteiger partial charge in [0.1, 0.15) is 0 Å². The summed E-state index contributed by atoms with van der Waals surface area (Å²) >= 11 is 3.46. The van der Waals surface area contributed by atoms with Crippen LogP contribution in [0.3, 0.4) is 0 Å². The topological polar surface area (TPSA) is 20.3 Å². The van der Waals surface area contributed by atoms with E-state index in [-0.39, 0.29) is 5.91 Å². The number of hydrogen-bond acceptors (Lipinski definition) is 1. The van der Waals surface area contributed by atoms with Gasteiger partial charge in [-0.25, -0.2) is 0 Å². The van der Waals surface area contributed by atoms with E-state index in [1.54, 1.807) is 0 Å². The maximum atomic E-state index is 12.6. The molecule has 0 spiro atoms. The van der Waals surface area contributed by atoms with E-state index in [9.17, 15) is 4.79 Å². The molecule has 1 aromatic carbocycles. The van der Waals surface area contributed by atoms with Crippen LogP contribution < -0.4 is 0 Å². The van der Waals surface area contributed by atoms with Crippen molar-refractivity contribution in [1.82, 2.24) is 4.90 Å². The van der Waals surface area contributed by atoms with Crippen LogP contribution in [0.1, 0.15) is 49.0 Å². The van der Waals surface area contributed by atoms with Crippen LogP contribution in [0.4, 0.5) is 0 Å². The van der Waals surface area contributed by atoms with Crippen molar-refractivity contribution >= 4 is 21.8 Å². The lowest BCUT2D eigenvalue weighted by Crippen LogP contribution is -2.47. The summed E-state index contributed by atoms with van der Waals surface area (Å²) in [5, 5.41) is 0. The minimum atomic E-state index is 0.166. The lowest BCUT2D eigenvalue weighted by Gasteiger charge is -2.39. The molecular formula is C15H20BrNO. The molecule has 3 heteroatoms. The van der Waals surface area contributed by atoms with Crippen LogP contribution in [0.2, 0.25) is 0 Å². The lowest BCUT2D eigenvalue weighted by molar-refractivity contribution is 0.0510. The zero-order valence-electron chi connectivity index (χ0n) is 11.2. The molecule has 18 heavy (non-hydrogen) atoms. The van der Waals surface area contributed by atoms with Crippen molar-refractivity contribution < 1.29 is 4.79 Å². The first kappa shape index (κ1) is 13.6. The average Bonchev–Trinajstić information content (AvgIpc) is 2.27. The van der Waals surface area contributed by atoms with Gasteiger partial charge in [-0.1, -0.05) is 15.9 Å². The molecule has 0 saturated carbocycles. The van der Waals surface area contributed by atoms with Crippen molar-refractivity contribution in [3.8, 4) is 0 Å². The second-order valence-electron chi connectivity index (χ2n) is 5.36. The van der Waals surface area contributed by atoms with Gasteiger partial charge in [-0.2, -0.15) is 0 Å². The SMILES string of the molecule is Cc1cc(Br)cc(C(=O)N2C(C)CCCC2C)c1. The molecule has 2 rings (SSSR count). The fourth-order valence-electron chi connectivity index (χ4n) is 2.83. The summed E-state index contributed by atoms with van der Waals surface area (Å²) in [4.78, 5) is 14.7. The van der Waals surface area contributed by atoms with E-state index in [2.05, 4.69) is 29.8 Å². The number of hydrogen-bond donors (Lipinski definition) is 0. The smallest absolute Gasteiger partial charge is 0.254 e. The monoisotopic (exact) mass is 309 g/mol. The molecular weight excluding hydrogens is 290 g/mol. The first-order valence-corrected chi connectivity index (χ1v) is 7.38. The van der Waals surface area contributed by atoms with E-state index >= 15 is 0 Å². The van der Waals surface area contributed by atoms with E-state index in [1.807, 2.05) is 30.0 Å². The van der Waals surface area contributed by atoms with Gasteiger partial charge in [0.05, 0.1) is 0 Å². The second-order valence-corrected chi connectivity index (χ2v) is 6.27. The normalized spacial score (nSPS) is 24.1. The lowest BCUT2D eigenvalue weighted by atomic mass is 9.96. The third-order valence-electron chi connectivity index (χ3n) is 3.72. The average molecular weight is 310 g/mol. The number of nitrogens with zero attached hydrogens (tertiary/aromatic N) is 1. The molecule has 1 heterocycles. The van der Waals surface area contributed by atoms with E-state index in [1.165, 1.54) is 6.42 Å². The maximum absolute atomic E-state index is 12.6. The minimum absolute atomic E-state index is 0.166. The van der Waals surface area contributed by atoms with E-state index < -0.39 is 0 Å². The van der Waals surface area contributed by atoms with Crippen molar-refractivity contribution in [3.63, 3.8) is 0 Å². The molecule has 2 atom stereocenters. The van der Waals surface area contributed by atoms with Crippen molar-refractivity contribution in [1.29, 1.82) is 0 Å². The summed E-state index contributed by atoms with van der Waals surface area (Å²) in [5.41, 5.74) is 1.91. The van der Waals surface area contributed by atoms with Gasteiger partial charge in [0.25, 0.3) is 5.91 Å². The zero-order valence-corrected chi connectivity index (χ0v) is 12.8. The summed E-state index contributed by atoms with van der Waals surface area (Å²) < 4.78 is 0.975. The summed E-state index contributed by atoms with van der Waals surface area (Å²) in [5.74, 6) is 0.166. The molecule has 1 aliphatic heterocycles. The van der Waals surface area contributed by atoms with Crippen LogP contribution in [-0.4, -0.2) is 22.9 Å². The molecule has 1 aromatic rings. The van der Waals surface area contributed by atoms with Gasteiger partial charge in [0, 0.05) is 22.1 Å². The summed E-state index contributed by atoms with van der Waals surface area (Å²) in [7, 11) is 0. The van der Waals surface area contributed by atoms with Crippen LogP contribution in [0.25, 0.3) is 0 Å². The Kier molecular flexibility index (Phi) is 4.10. The van der Waals surface area contributed by atoms with Crippen LogP contribution in [0, 0.1) is 6.92 Å².